The number of alkyl halides is 2. The maximum absolute atomic E-state index is 14.7. The van der Waals surface area contributed by atoms with E-state index >= 15 is 0 Å². The van der Waals surface area contributed by atoms with Gasteiger partial charge >= 0.3 is 0 Å². The maximum Gasteiger partial charge on any atom is 0.259 e. The van der Waals surface area contributed by atoms with E-state index in [0.717, 1.165) is 62.0 Å². The Morgan fingerprint density at radius 3 is 2.52 bits per heavy atom. The molecule has 0 radical (unpaired) electrons. The van der Waals surface area contributed by atoms with Crippen LogP contribution in [0.5, 0.6) is 5.75 Å². The molecule has 3 amide bonds. The summed E-state index contributed by atoms with van der Waals surface area (Å²) in [6.45, 7) is 5.62. The maximum atomic E-state index is 14.7. The van der Waals surface area contributed by atoms with Crippen molar-refractivity contribution in [2.75, 3.05) is 19.0 Å². The Kier molecular flexibility index (Phi) is 11.1. The molecule has 1 saturated heterocycles. The number of aromatic nitrogens is 5. The number of rotatable bonds is 7. The Balaban J connectivity index is 1.22. The van der Waals surface area contributed by atoms with Crippen molar-refractivity contribution in [1.82, 2.24) is 40.1 Å². The number of fused-ring (bicyclic) bond motifs is 10. The first-order chi connectivity index (χ1) is 26.6. The lowest BCUT2D eigenvalue weighted by Gasteiger charge is -2.35. The predicted molar refractivity (Wildman–Crippen MR) is 204 cm³/mol. The van der Waals surface area contributed by atoms with Crippen LogP contribution in [0.25, 0.3) is 11.4 Å². The van der Waals surface area contributed by atoms with E-state index in [1.165, 1.54) is 21.0 Å². The van der Waals surface area contributed by atoms with E-state index in [1.807, 2.05) is 49.1 Å². The number of anilines is 1. The molecule has 304 valence electrons. The van der Waals surface area contributed by atoms with Gasteiger partial charge in [-0.25, -0.2) is 22.2 Å². The second-order valence-corrected chi connectivity index (χ2v) is 19.3. The molecule has 3 N–H and O–H groups in total. The van der Waals surface area contributed by atoms with Crippen LogP contribution in [0.4, 0.5) is 13.9 Å². The number of halogens is 2. The third-order valence-electron chi connectivity index (χ3n) is 11.2. The van der Waals surface area contributed by atoms with Gasteiger partial charge in [-0.2, -0.15) is 4.80 Å². The van der Waals surface area contributed by atoms with Gasteiger partial charge in [-0.1, -0.05) is 40.0 Å². The number of carbonyl (C=O) groups is 3. The highest BCUT2D eigenvalue weighted by molar-refractivity contribution is 7.91. The van der Waals surface area contributed by atoms with Crippen LogP contribution in [0.15, 0.2) is 23.6 Å². The van der Waals surface area contributed by atoms with Gasteiger partial charge in [0.1, 0.15) is 23.4 Å². The van der Waals surface area contributed by atoms with Crippen LogP contribution in [0, 0.1) is 11.3 Å². The number of ether oxygens (including phenoxy) is 1. The van der Waals surface area contributed by atoms with E-state index in [4.69, 9.17) is 9.72 Å². The summed E-state index contributed by atoms with van der Waals surface area (Å²) in [4.78, 5) is 50.0. The summed E-state index contributed by atoms with van der Waals surface area (Å²) in [6.07, 6.45) is 3.93. The van der Waals surface area contributed by atoms with Crippen LogP contribution in [0.2, 0.25) is 0 Å². The molecule has 2 saturated carbocycles. The minimum absolute atomic E-state index is 0.0308. The lowest BCUT2D eigenvalue weighted by atomic mass is 9.85. The van der Waals surface area contributed by atoms with Crippen LogP contribution in [-0.2, 0) is 37.2 Å². The molecule has 19 heteroatoms. The van der Waals surface area contributed by atoms with Crippen molar-refractivity contribution in [2.45, 2.75) is 127 Å². The second kappa shape index (κ2) is 15.6. The first kappa shape index (κ1) is 40.0. The first-order valence-electron chi connectivity index (χ1n) is 19.2. The normalized spacial score (nSPS) is 26.1. The summed E-state index contributed by atoms with van der Waals surface area (Å²) < 4.78 is 61.3. The molecular formula is C37H49F2N9O6S2. The third-order valence-corrected chi connectivity index (χ3v) is 13.9. The Morgan fingerprint density at radius 1 is 1.11 bits per heavy atom. The average molecular weight is 818 g/mol. The number of amides is 3. The molecule has 7 rings (SSSR count). The van der Waals surface area contributed by atoms with Crippen LogP contribution >= 0.6 is 11.3 Å². The van der Waals surface area contributed by atoms with Crippen molar-refractivity contribution in [2.24, 2.45) is 11.3 Å². The number of carbonyl (C=O) groups excluding carboxylic acids is 3. The molecule has 0 spiro atoms. The van der Waals surface area contributed by atoms with Crippen molar-refractivity contribution in [1.29, 1.82) is 0 Å². The zero-order chi connectivity index (χ0) is 40.0. The Bertz CT molecular complexity index is 2070. The molecule has 0 unspecified atom stereocenters. The number of benzene rings is 1. The molecule has 2 aliphatic heterocycles. The number of hydrogen-bond acceptors (Lipinski definition) is 12. The summed E-state index contributed by atoms with van der Waals surface area (Å²) in [5, 5.41) is 20.9. The van der Waals surface area contributed by atoms with Crippen LogP contribution in [-0.4, -0.2) is 99.2 Å². The van der Waals surface area contributed by atoms with Crippen molar-refractivity contribution in [3.8, 4) is 17.1 Å². The fourth-order valence-electron chi connectivity index (χ4n) is 7.70. The molecule has 5 atom stereocenters. The highest BCUT2D eigenvalue weighted by atomic mass is 32.2. The molecule has 2 aliphatic carbocycles. The van der Waals surface area contributed by atoms with Gasteiger partial charge in [0.05, 0.1) is 30.0 Å². The summed E-state index contributed by atoms with van der Waals surface area (Å²) >= 11 is 1.39. The Labute approximate surface area is 328 Å². The molecule has 15 nitrogen and oxygen atoms in total. The number of nitrogens with zero attached hydrogens (tertiary/aromatic N) is 6. The van der Waals surface area contributed by atoms with Gasteiger partial charge in [0, 0.05) is 23.9 Å². The largest absolute Gasteiger partial charge is 0.496 e. The molecule has 3 aromatic rings. The number of nitrogens with one attached hydrogen (secondary N) is 3. The Morgan fingerprint density at radius 2 is 1.84 bits per heavy atom. The van der Waals surface area contributed by atoms with Crippen molar-refractivity contribution < 1.29 is 36.3 Å². The standard InChI is InChI=1S/C37H49F2N9O6S2/c1-36(2,3)29-33(50)47-19-24(17-27(47)32(49)42-37(18-26(37)30(38)39)34(51)45-56(52,53)25-13-14-25)48-44-31(43-46-48)22-12-15-28(54-4)21(16-22)10-8-6-5-7-9-11-23-20-55-35(40-23)41-29/h12,15-16,20,24-27,29-30H,5-11,13-14,17-19H2,1-4H3,(H,40,41)(H,42,49)(H,45,51)/t24-,26+,27+,29-,37-/m1/s1. The summed E-state index contributed by atoms with van der Waals surface area (Å²) in [5.41, 5.74) is -0.201. The topological polar surface area (TPSA) is 190 Å². The second-order valence-electron chi connectivity index (χ2n) is 16.5. The van der Waals surface area contributed by atoms with E-state index in [1.54, 1.807) is 7.11 Å². The SMILES string of the molecule is COc1ccc2cc1CCCCCCCc1csc(n1)N[C@@H](C(C)(C)C)C(=O)N1C[C@@H](C[C@H]1C(=O)N[C@]1(C(=O)NS(=O)(=O)C3CC3)C[C@H]1C(F)F)n1nnc-2n1. The molecule has 4 heterocycles. The molecule has 4 aliphatic rings. The van der Waals surface area contributed by atoms with Gasteiger partial charge in [0.15, 0.2) is 5.13 Å². The van der Waals surface area contributed by atoms with Gasteiger partial charge in [0.25, 0.3) is 5.91 Å². The monoisotopic (exact) mass is 817 g/mol. The Hall–Kier alpha value is -4.26. The highest BCUT2D eigenvalue weighted by Gasteiger charge is 2.67. The van der Waals surface area contributed by atoms with E-state index in [-0.39, 0.29) is 13.0 Å². The van der Waals surface area contributed by atoms with Gasteiger partial charge in [0.2, 0.25) is 34.1 Å². The fraction of sp³-hybridized carbons (Fsp3) is 0.649. The van der Waals surface area contributed by atoms with E-state index < -0.39 is 80.8 Å². The molecule has 1 aromatic carbocycles. The van der Waals surface area contributed by atoms with Crippen molar-refractivity contribution in [3.05, 3.63) is 34.8 Å². The van der Waals surface area contributed by atoms with Crippen molar-refractivity contribution in [3.63, 3.8) is 0 Å². The van der Waals surface area contributed by atoms with E-state index in [2.05, 4.69) is 26.0 Å². The summed E-state index contributed by atoms with van der Waals surface area (Å²) in [7, 11) is -2.47. The fourth-order valence-corrected chi connectivity index (χ4v) is 9.84. The molecule has 2 aromatic heterocycles. The minimum atomic E-state index is -4.10. The van der Waals surface area contributed by atoms with E-state index in [0.29, 0.717) is 29.4 Å². The zero-order valence-corrected chi connectivity index (χ0v) is 33.6. The summed E-state index contributed by atoms with van der Waals surface area (Å²) in [6, 6.07) is 2.90. The van der Waals surface area contributed by atoms with Crippen molar-refractivity contribution >= 4 is 44.2 Å². The summed E-state index contributed by atoms with van der Waals surface area (Å²) in [5.74, 6) is -3.03. The number of sulfonamides is 1. The molecule has 56 heavy (non-hydrogen) atoms. The molecular weight excluding hydrogens is 769 g/mol. The average Bonchev–Trinajstić information content (AvgIpc) is 3.95. The van der Waals surface area contributed by atoms with Crippen LogP contribution < -0.4 is 20.1 Å². The van der Waals surface area contributed by atoms with Crippen LogP contribution in [0.3, 0.4) is 0 Å². The number of methoxy groups -OCH3 is 1. The third kappa shape index (κ3) is 8.38. The molecule has 8 bridgehead atoms. The van der Waals surface area contributed by atoms with Crippen LogP contribution in [0.1, 0.15) is 95.9 Å². The smallest absolute Gasteiger partial charge is 0.259 e. The lowest BCUT2D eigenvalue weighted by Crippen LogP contribution is -2.59. The number of aryl methyl sites for hydroxylation is 2. The van der Waals surface area contributed by atoms with Gasteiger partial charge < -0.3 is 20.3 Å². The quantitative estimate of drug-likeness (QED) is 0.309. The highest BCUT2D eigenvalue weighted by Crippen LogP contribution is 2.48. The number of tetrazole rings is 1. The van der Waals surface area contributed by atoms with Gasteiger partial charge in [-0.15, -0.1) is 21.5 Å². The molecule has 3 fully saturated rings. The first-order valence-corrected chi connectivity index (χ1v) is 21.7. The zero-order valence-electron chi connectivity index (χ0n) is 32.0. The van der Waals surface area contributed by atoms with Gasteiger partial charge in [-0.05, 0) is 79.3 Å². The lowest BCUT2D eigenvalue weighted by molar-refractivity contribution is -0.141. The predicted octanol–water partition coefficient (Wildman–Crippen LogP) is 4.27. The van der Waals surface area contributed by atoms with Gasteiger partial charge in [-0.3, -0.25) is 19.1 Å². The number of hydrogen-bond donors (Lipinski definition) is 3. The number of thiazole rings is 1. The van der Waals surface area contributed by atoms with E-state index in [9.17, 15) is 31.6 Å². The minimum Gasteiger partial charge on any atom is -0.496 e.